The fourth-order valence-corrected chi connectivity index (χ4v) is 6.05. The molecule has 1 aliphatic heterocycles. The molecule has 2 aliphatic rings. The van der Waals surface area contributed by atoms with E-state index in [-0.39, 0.29) is 68.9 Å². The van der Waals surface area contributed by atoms with E-state index in [1.54, 1.807) is 20.8 Å². The highest BCUT2D eigenvalue weighted by atomic mass is 19.3. The van der Waals surface area contributed by atoms with E-state index in [1.807, 2.05) is 0 Å². The van der Waals surface area contributed by atoms with Gasteiger partial charge in [0, 0.05) is 80.4 Å². The summed E-state index contributed by atoms with van der Waals surface area (Å²) >= 11 is 0. The zero-order valence-electron chi connectivity index (χ0n) is 25.5. The Hall–Kier alpha value is -5.01. The lowest BCUT2D eigenvalue weighted by molar-refractivity contribution is 0.0257. The van der Waals surface area contributed by atoms with Gasteiger partial charge in [0.15, 0.2) is 11.6 Å². The predicted molar refractivity (Wildman–Crippen MR) is 162 cm³/mol. The van der Waals surface area contributed by atoms with Crippen molar-refractivity contribution in [1.82, 2.24) is 14.5 Å². The van der Waals surface area contributed by atoms with Gasteiger partial charge in [0.1, 0.15) is 16.8 Å². The van der Waals surface area contributed by atoms with E-state index in [9.17, 15) is 28.3 Å². The number of alkyl halides is 2. The third-order valence-corrected chi connectivity index (χ3v) is 8.10. The van der Waals surface area contributed by atoms with Crippen LogP contribution in [0.2, 0.25) is 0 Å². The number of carbonyl (C=O) groups excluding carboxylic acids is 1. The lowest BCUT2D eigenvalue weighted by Gasteiger charge is -2.27. The molecular weight excluding hydrogens is 610 g/mol. The second-order valence-electron chi connectivity index (χ2n) is 12.5. The highest BCUT2D eigenvalue weighted by Crippen LogP contribution is 2.51. The van der Waals surface area contributed by atoms with Crippen molar-refractivity contribution in [3.63, 3.8) is 0 Å². The van der Waals surface area contributed by atoms with Gasteiger partial charge in [-0.05, 0) is 32.4 Å². The lowest BCUT2D eigenvalue weighted by Crippen LogP contribution is -2.34. The number of halogens is 4. The van der Waals surface area contributed by atoms with Crippen LogP contribution in [0, 0.1) is 11.6 Å². The maximum atomic E-state index is 15.9. The zero-order valence-corrected chi connectivity index (χ0v) is 25.5. The van der Waals surface area contributed by atoms with Crippen LogP contribution in [0.1, 0.15) is 48.8 Å². The highest BCUT2D eigenvalue weighted by Gasteiger charge is 2.42. The predicted octanol–water partition coefficient (Wildman–Crippen LogP) is 5.76. The fourth-order valence-electron chi connectivity index (χ4n) is 6.05. The first-order valence-corrected chi connectivity index (χ1v) is 14.3. The Morgan fingerprint density at radius 1 is 1.11 bits per heavy atom. The van der Waals surface area contributed by atoms with Gasteiger partial charge in [0.05, 0.1) is 29.0 Å². The number of carboxylic acids is 1. The van der Waals surface area contributed by atoms with Gasteiger partial charge in [-0.1, -0.05) is 0 Å². The first kappa shape index (κ1) is 31.0. The summed E-state index contributed by atoms with van der Waals surface area (Å²) in [5, 5.41) is 9.51. The molecule has 1 N–H and O–H groups in total. The average Bonchev–Trinajstić information content (AvgIpc) is 3.54. The van der Waals surface area contributed by atoms with Crippen molar-refractivity contribution in [2.45, 2.75) is 45.1 Å². The van der Waals surface area contributed by atoms with Gasteiger partial charge in [-0.15, -0.1) is 0 Å². The van der Waals surface area contributed by atoms with Gasteiger partial charge < -0.3 is 19.3 Å². The number of anilines is 2. The van der Waals surface area contributed by atoms with Crippen molar-refractivity contribution >= 4 is 34.5 Å². The van der Waals surface area contributed by atoms with Crippen LogP contribution in [0.3, 0.4) is 0 Å². The number of amides is 1. The van der Waals surface area contributed by atoms with Crippen LogP contribution in [0.15, 0.2) is 35.5 Å². The zero-order chi connectivity index (χ0) is 33.5. The molecule has 4 aromatic rings. The van der Waals surface area contributed by atoms with E-state index in [0.717, 1.165) is 17.2 Å². The summed E-state index contributed by atoms with van der Waals surface area (Å²) in [7, 11) is 2.88. The number of aromatic nitrogens is 3. The van der Waals surface area contributed by atoms with Gasteiger partial charge in [-0.2, -0.15) is 0 Å². The fraction of sp³-hybridized carbons (Fsp3) is 0.344. The summed E-state index contributed by atoms with van der Waals surface area (Å²) in [6, 6.07) is 2.27. The molecule has 4 heterocycles. The largest absolute Gasteiger partial charge is 0.477 e. The molecule has 0 spiro atoms. The molecule has 0 saturated carbocycles. The molecule has 0 bridgehead atoms. The number of hydrogen-bond donors (Lipinski definition) is 1. The average molecular weight is 640 g/mol. The third-order valence-electron chi connectivity index (χ3n) is 8.10. The Kier molecular flexibility index (Phi) is 7.09. The van der Waals surface area contributed by atoms with Crippen molar-refractivity contribution in [3.05, 3.63) is 69.4 Å². The van der Waals surface area contributed by atoms with Crippen molar-refractivity contribution in [3.8, 4) is 22.3 Å². The summed E-state index contributed by atoms with van der Waals surface area (Å²) in [5.41, 5.74) is -1.07. The smallest absolute Gasteiger partial charge is 0.414 e. The molecule has 240 valence electrons. The summed E-state index contributed by atoms with van der Waals surface area (Å²) in [6.45, 7) is 4.13. The molecule has 3 aromatic heterocycles. The van der Waals surface area contributed by atoms with E-state index in [2.05, 4.69) is 9.97 Å². The maximum absolute atomic E-state index is 15.9. The maximum Gasteiger partial charge on any atom is 0.414 e. The molecule has 0 radical (unpaired) electrons. The molecule has 1 amide bonds. The molecular formula is C32H29F4N5O5. The van der Waals surface area contributed by atoms with Gasteiger partial charge in [-0.25, -0.2) is 32.1 Å². The molecule has 6 rings (SSSR count). The minimum absolute atomic E-state index is 0.0254. The van der Waals surface area contributed by atoms with Crippen LogP contribution < -0.4 is 15.2 Å². The number of aryl methyl sites for hydroxylation is 1. The van der Waals surface area contributed by atoms with Crippen molar-refractivity contribution in [2.24, 2.45) is 7.05 Å². The highest BCUT2D eigenvalue weighted by molar-refractivity contribution is 6.00. The third kappa shape index (κ3) is 5.11. The van der Waals surface area contributed by atoms with Crippen LogP contribution in [0.25, 0.3) is 33.3 Å². The summed E-state index contributed by atoms with van der Waals surface area (Å²) < 4.78 is 67.3. The molecule has 1 fully saturated rings. The van der Waals surface area contributed by atoms with E-state index >= 15 is 8.78 Å². The number of carbonyl (C=O) groups is 2. The Bertz CT molecular complexity index is 2040. The Morgan fingerprint density at radius 3 is 2.46 bits per heavy atom. The first-order valence-electron chi connectivity index (χ1n) is 14.3. The monoisotopic (exact) mass is 639 g/mol. The Labute approximate surface area is 259 Å². The van der Waals surface area contributed by atoms with Crippen LogP contribution >= 0.6 is 0 Å². The Morgan fingerprint density at radius 2 is 1.83 bits per heavy atom. The molecule has 46 heavy (non-hydrogen) atoms. The molecule has 10 nitrogen and oxygen atoms in total. The van der Waals surface area contributed by atoms with E-state index < -0.39 is 59.2 Å². The van der Waals surface area contributed by atoms with Gasteiger partial charge in [0.25, 0.3) is 5.92 Å². The number of fused-ring (bicyclic) bond motifs is 4. The molecule has 0 atom stereocenters. The van der Waals surface area contributed by atoms with Crippen LogP contribution in [0.4, 0.5) is 33.7 Å². The van der Waals surface area contributed by atoms with E-state index in [0.29, 0.717) is 0 Å². The summed E-state index contributed by atoms with van der Waals surface area (Å²) in [6.07, 6.45) is 2.57. The minimum Gasteiger partial charge on any atom is -0.477 e. The molecule has 1 aliphatic carbocycles. The van der Waals surface area contributed by atoms with Gasteiger partial charge in [0.2, 0.25) is 5.43 Å². The minimum atomic E-state index is -3.08. The molecule has 14 heteroatoms. The summed E-state index contributed by atoms with van der Waals surface area (Å²) in [5.74, 6) is -7.02. The molecule has 1 aromatic carbocycles. The van der Waals surface area contributed by atoms with Crippen molar-refractivity contribution in [1.29, 1.82) is 0 Å². The van der Waals surface area contributed by atoms with E-state index in [1.165, 1.54) is 42.0 Å². The number of pyridine rings is 3. The van der Waals surface area contributed by atoms with Crippen molar-refractivity contribution in [2.75, 3.05) is 29.9 Å². The summed E-state index contributed by atoms with van der Waals surface area (Å²) in [4.78, 5) is 49.1. The SMILES string of the molecule is CN(C(=O)OC(C)(C)C)c1cc(F)c(F)c2c1Cc1ncc(-c3cnc4c(c3)c(=O)c(C(=O)O)cn4C)c(N3CCC(F)(F)C3)c1-2. The number of nitrogens with zero attached hydrogens (tertiary/aromatic N) is 5. The standard InChI is InChI=1S/C32H29F4N5O5/c1-31(2,3)46-30(45)40(5)22-10-20(33)25(34)23-16(22)9-21-24(23)26(41-7-6-32(35,36)14-41)18(12-37-21)15-8-17-27(42)19(29(43)44)13-39(4)28(17)38-11-15/h8,10-13H,6-7,9,14H2,1-5H3,(H,43,44). The molecule has 0 unspecified atom stereocenters. The van der Waals surface area contributed by atoms with Gasteiger partial charge >= 0.3 is 12.1 Å². The Balaban J connectivity index is 1.61. The van der Waals surface area contributed by atoms with Gasteiger partial charge in [-0.3, -0.25) is 14.7 Å². The number of benzene rings is 1. The first-order chi connectivity index (χ1) is 21.5. The second kappa shape index (κ2) is 10.5. The van der Waals surface area contributed by atoms with Crippen LogP contribution in [0.5, 0.6) is 0 Å². The lowest BCUT2D eigenvalue weighted by atomic mass is 9.97. The number of rotatable bonds is 4. The number of hydrogen-bond acceptors (Lipinski definition) is 7. The second-order valence-corrected chi connectivity index (χ2v) is 12.5. The van der Waals surface area contributed by atoms with Crippen LogP contribution in [-0.4, -0.2) is 63.4 Å². The number of aromatic carboxylic acids is 1. The van der Waals surface area contributed by atoms with Crippen molar-refractivity contribution < 1.29 is 37.0 Å². The number of carboxylic acid groups (broad SMARTS) is 1. The normalized spacial score (nSPS) is 15.2. The quantitative estimate of drug-likeness (QED) is 0.247. The van der Waals surface area contributed by atoms with Crippen LogP contribution in [-0.2, 0) is 18.2 Å². The molecule has 1 saturated heterocycles. The number of ether oxygens (including phenoxy) is 1. The van der Waals surface area contributed by atoms with E-state index in [4.69, 9.17) is 4.74 Å². The topological polar surface area (TPSA) is 118 Å².